The van der Waals surface area contributed by atoms with Gasteiger partial charge in [-0.25, -0.2) is 4.98 Å². The largest absolute Gasteiger partial charge is 0.489 e. The minimum Gasteiger partial charge on any atom is -0.489 e. The molecule has 0 saturated heterocycles. The summed E-state index contributed by atoms with van der Waals surface area (Å²) in [5, 5.41) is 0.770. The van der Waals surface area contributed by atoms with Crippen molar-refractivity contribution in [3.63, 3.8) is 0 Å². The molecule has 0 amide bonds. The lowest BCUT2D eigenvalue weighted by Crippen LogP contribution is -2.00. The molecule has 0 saturated carbocycles. The standard InChI is InChI=1S/C16H17Cl2NO/c1-10(2)12-5-4-11(3)14(8-12)20-9-13-6-7-15(17)19-16(13)18/h4-8,10H,9H2,1-3H3. The molecule has 0 aliphatic rings. The summed E-state index contributed by atoms with van der Waals surface area (Å²) in [7, 11) is 0. The van der Waals surface area contributed by atoms with Gasteiger partial charge < -0.3 is 4.74 Å². The van der Waals surface area contributed by atoms with Gasteiger partial charge in [0.25, 0.3) is 0 Å². The van der Waals surface area contributed by atoms with E-state index >= 15 is 0 Å². The number of hydrogen-bond donors (Lipinski definition) is 0. The number of benzene rings is 1. The zero-order chi connectivity index (χ0) is 14.7. The Morgan fingerprint density at radius 3 is 2.55 bits per heavy atom. The Morgan fingerprint density at radius 1 is 1.15 bits per heavy atom. The van der Waals surface area contributed by atoms with Crippen LogP contribution in [0.1, 0.15) is 36.5 Å². The lowest BCUT2D eigenvalue weighted by molar-refractivity contribution is 0.303. The van der Waals surface area contributed by atoms with Crippen LogP contribution in [0.2, 0.25) is 10.3 Å². The van der Waals surface area contributed by atoms with Crippen LogP contribution in [0.15, 0.2) is 30.3 Å². The van der Waals surface area contributed by atoms with E-state index in [0.29, 0.717) is 22.8 Å². The van der Waals surface area contributed by atoms with Crippen LogP contribution in [0.4, 0.5) is 0 Å². The van der Waals surface area contributed by atoms with Crippen molar-refractivity contribution >= 4 is 23.2 Å². The highest BCUT2D eigenvalue weighted by Crippen LogP contribution is 2.26. The molecule has 4 heteroatoms. The van der Waals surface area contributed by atoms with Crippen LogP contribution in [-0.4, -0.2) is 4.98 Å². The summed E-state index contributed by atoms with van der Waals surface area (Å²) in [5.74, 6) is 1.35. The zero-order valence-electron chi connectivity index (χ0n) is 11.8. The van der Waals surface area contributed by atoms with E-state index in [1.165, 1.54) is 5.56 Å². The van der Waals surface area contributed by atoms with Crippen molar-refractivity contribution in [2.45, 2.75) is 33.3 Å². The molecule has 0 unspecified atom stereocenters. The number of aryl methyl sites for hydroxylation is 1. The third kappa shape index (κ3) is 3.65. The fourth-order valence-corrected chi connectivity index (χ4v) is 2.23. The Morgan fingerprint density at radius 2 is 1.90 bits per heavy atom. The first-order valence-corrected chi connectivity index (χ1v) is 7.27. The van der Waals surface area contributed by atoms with Crippen LogP contribution in [0.3, 0.4) is 0 Å². The van der Waals surface area contributed by atoms with Crippen molar-refractivity contribution in [2.75, 3.05) is 0 Å². The molecule has 0 aliphatic heterocycles. The quantitative estimate of drug-likeness (QED) is 0.705. The first-order valence-electron chi connectivity index (χ1n) is 6.51. The van der Waals surface area contributed by atoms with E-state index in [9.17, 15) is 0 Å². The van der Waals surface area contributed by atoms with E-state index in [4.69, 9.17) is 27.9 Å². The van der Waals surface area contributed by atoms with Crippen molar-refractivity contribution in [3.05, 3.63) is 57.3 Å². The molecule has 1 aromatic heterocycles. The van der Waals surface area contributed by atoms with Crippen LogP contribution in [-0.2, 0) is 6.61 Å². The van der Waals surface area contributed by atoms with Gasteiger partial charge in [0.1, 0.15) is 22.7 Å². The molecule has 2 aromatic rings. The van der Waals surface area contributed by atoms with Gasteiger partial charge in [0.05, 0.1) is 0 Å². The van der Waals surface area contributed by atoms with Gasteiger partial charge in [-0.3, -0.25) is 0 Å². The average molecular weight is 310 g/mol. The molecule has 0 radical (unpaired) electrons. The number of aromatic nitrogens is 1. The summed E-state index contributed by atoms with van der Waals surface area (Å²) in [5.41, 5.74) is 3.18. The SMILES string of the molecule is Cc1ccc(C(C)C)cc1OCc1ccc(Cl)nc1Cl. The van der Waals surface area contributed by atoms with Crippen LogP contribution in [0.5, 0.6) is 5.75 Å². The summed E-state index contributed by atoms with van der Waals surface area (Å²) >= 11 is 11.8. The molecule has 106 valence electrons. The van der Waals surface area contributed by atoms with E-state index < -0.39 is 0 Å². The highest BCUT2D eigenvalue weighted by molar-refractivity contribution is 6.32. The molecule has 0 spiro atoms. The van der Waals surface area contributed by atoms with Crippen LogP contribution in [0.25, 0.3) is 0 Å². The smallest absolute Gasteiger partial charge is 0.137 e. The summed E-state index contributed by atoms with van der Waals surface area (Å²) in [6, 6.07) is 9.83. The molecule has 2 rings (SSSR count). The Balaban J connectivity index is 2.16. The number of rotatable bonds is 4. The van der Waals surface area contributed by atoms with E-state index in [1.807, 2.05) is 13.0 Å². The third-order valence-electron chi connectivity index (χ3n) is 3.15. The highest BCUT2D eigenvalue weighted by Gasteiger charge is 2.07. The summed E-state index contributed by atoms with van der Waals surface area (Å²) < 4.78 is 5.87. The molecule has 1 heterocycles. The molecule has 1 aromatic carbocycles. The maximum atomic E-state index is 6.04. The molecule has 0 aliphatic carbocycles. The average Bonchev–Trinajstić information content (AvgIpc) is 2.39. The lowest BCUT2D eigenvalue weighted by Gasteiger charge is -2.13. The molecule has 20 heavy (non-hydrogen) atoms. The van der Waals surface area contributed by atoms with Gasteiger partial charge in [0, 0.05) is 5.56 Å². The van der Waals surface area contributed by atoms with Crippen molar-refractivity contribution in [1.82, 2.24) is 4.98 Å². The van der Waals surface area contributed by atoms with E-state index in [1.54, 1.807) is 6.07 Å². The minimum atomic E-state index is 0.380. The van der Waals surface area contributed by atoms with Crippen molar-refractivity contribution in [2.24, 2.45) is 0 Å². The summed E-state index contributed by atoms with van der Waals surface area (Å²) in [6.45, 7) is 6.73. The molecule has 0 fully saturated rings. The molecular formula is C16H17Cl2NO. The van der Waals surface area contributed by atoms with Crippen LogP contribution in [0, 0.1) is 6.92 Å². The first-order chi connectivity index (χ1) is 9.47. The second-order valence-electron chi connectivity index (χ2n) is 5.05. The van der Waals surface area contributed by atoms with Crippen LogP contribution >= 0.6 is 23.2 Å². The fourth-order valence-electron chi connectivity index (χ4n) is 1.84. The first kappa shape index (κ1) is 15.1. The maximum Gasteiger partial charge on any atom is 0.137 e. The molecule has 0 N–H and O–H groups in total. The third-order valence-corrected chi connectivity index (χ3v) is 3.69. The topological polar surface area (TPSA) is 22.1 Å². The fraction of sp³-hybridized carbons (Fsp3) is 0.312. The van der Waals surface area contributed by atoms with Crippen molar-refractivity contribution in [3.8, 4) is 5.75 Å². The predicted octanol–water partition coefficient (Wildman–Crippen LogP) is 5.40. The number of nitrogens with zero attached hydrogens (tertiary/aromatic N) is 1. The van der Waals surface area contributed by atoms with Crippen LogP contribution < -0.4 is 4.74 Å². The minimum absolute atomic E-state index is 0.380. The number of pyridine rings is 1. The van der Waals surface area contributed by atoms with Gasteiger partial charge in [-0.05, 0) is 42.2 Å². The van der Waals surface area contributed by atoms with E-state index in [2.05, 4.69) is 37.0 Å². The molecule has 2 nitrogen and oxygen atoms in total. The Labute approximate surface area is 129 Å². The van der Waals surface area contributed by atoms with Gasteiger partial charge in [0.15, 0.2) is 0 Å². The Hall–Kier alpha value is -1.25. The number of hydrogen-bond acceptors (Lipinski definition) is 2. The predicted molar refractivity (Wildman–Crippen MR) is 83.9 cm³/mol. The van der Waals surface area contributed by atoms with Crippen molar-refractivity contribution in [1.29, 1.82) is 0 Å². The normalized spacial score (nSPS) is 10.9. The van der Waals surface area contributed by atoms with Gasteiger partial charge in [0.2, 0.25) is 0 Å². The molecular weight excluding hydrogens is 293 g/mol. The van der Waals surface area contributed by atoms with Gasteiger partial charge in [-0.15, -0.1) is 0 Å². The molecule has 0 bridgehead atoms. The second-order valence-corrected chi connectivity index (χ2v) is 5.80. The van der Waals surface area contributed by atoms with E-state index in [-0.39, 0.29) is 0 Å². The van der Waals surface area contributed by atoms with Gasteiger partial charge >= 0.3 is 0 Å². The second kappa shape index (κ2) is 6.47. The number of halogens is 2. The van der Waals surface area contributed by atoms with Crippen molar-refractivity contribution < 1.29 is 4.74 Å². The Kier molecular flexibility index (Phi) is 4.90. The lowest BCUT2D eigenvalue weighted by atomic mass is 10.0. The Bertz CT molecular complexity index is 611. The number of ether oxygens (including phenoxy) is 1. The molecule has 0 atom stereocenters. The summed E-state index contributed by atoms with van der Waals surface area (Å²) in [4.78, 5) is 4.00. The van der Waals surface area contributed by atoms with Gasteiger partial charge in [-0.1, -0.05) is 49.2 Å². The van der Waals surface area contributed by atoms with Gasteiger partial charge in [-0.2, -0.15) is 0 Å². The highest BCUT2D eigenvalue weighted by atomic mass is 35.5. The monoisotopic (exact) mass is 309 g/mol. The van der Waals surface area contributed by atoms with E-state index in [0.717, 1.165) is 16.9 Å². The zero-order valence-corrected chi connectivity index (χ0v) is 13.3. The summed E-state index contributed by atoms with van der Waals surface area (Å²) in [6.07, 6.45) is 0. The maximum absolute atomic E-state index is 6.04.